The van der Waals surface area contributed by atoms with Crippen LogP contribution in [0.15, 0.2) is 42.5 Å². The number of rotatable bonds is 4. The van der Waals surface area contributed by atoms with Crippen molar-refractivity contribution in [2.24, 2.45) is 0 Å². The molecule has 2 aromatic rings. The van der Waals surface area contributed by atoms with E-state index in [2.05, 4.69) is 5.32 Å². The minimum atomic E-state index is -0.373. The lowest BCUT2D eigenvalue weighted by Crippen LogP contribution is -2.47. The second-order valence-corrected chi connectivity index (χ2v) is 7.08. The zero-order valence-electron chi connectivity index (χ0n) is 15.5. The minimum absolute atomic E-state index is 0.195. The van der Waals surface area contributed by atoms with Crippen LogP contribution in [0.25, 0.3) is 0 Å². The van der Waals surface area contributed by atoms with Crippen molar-refractivity contribution in [2.45, 2.75) is 32.9 Å². The average Bonchev–Trinajstić information content (AvgIpc) is 3.06. The summed E-state index contributed by atoms with van der Waals surface area (Å²) in [5.74, 6) is 2.06. The molecule has 6 nitrogen and oxygen atoms in total. The highest BCUT2D eigenvalue weighted by Crippen LogP contribution is 2.33. The summed E-state index contributed by atoms with van der Waals surface area (Å²) < 4.78 is 16.1. The third kappa shape index (κ3) is 3.85. The number of nitrogens with one attached hydrogen (secondary N) is 1. The van der Waals surface area contributed by atoms with Gasteiger partial charge < -0.3 is 24.4 Å². The molecule has 138 valence electrons. The van der Waals surface area contributed by atoms with Gasteiger partial charge >= 0.3 is 6.03 Å². The first-order valence-corrected chi connectivity index (χ1v) is 8.48. The summed E-state index contributed by atoms with van der Waals surface area (Å²) in [5.41, 5.74) is 1.24. The SMILES string of the molecule is COc1ccccc1NC(=O)N(Cc1ccc2c(c1)OCO2)C(C)(C)C. The van der Waals surface area contributed by atoms with Crippen LogP contribution < -0.4 is 19.5 Å². The lowest BCUT2D eigenvalue weighted by atomic mass is 10.0. The topological polar surface area (TPSA) is 60.0 Å². The van der Waals surface area contributed by atoms with Crippen molar-refractivity contribution in [3.05, 3.63) is 48.0 Å². The maximum Gasteiger partial charge on any atom is 0.322 e. The summed E-state index contributed by atoms with van der Waals surface area (Å²) in [7, 11) is 1.58. The highest BCUT2D eigenvalue weighted by atomic mass is 16.7. The Morgan fingerprint density at radius 1 is 1.15 bits per heavy atom. The summed E-state index contributed by atoms with van der Waals surface area (Å²) in [5, 5.41) is 2.95. The number of ether oxygens (including phenoxy) is 3. The standard InChI is InChI=1S/C20H24N2O4/c1-20(2,3)22(12-14-9-10-17-18(11-14)26-13-25-17)19(23)21-15-7-5-6-8-16(15)24-4/h5-11H,12-13H2,1-4H3,(H,21,23). The number of fused-ring (bicyclic) bond motifs is 1. The van der Waals surface area contributed by atoms with E-state index in [1.54, 1.807) is 12.0 Å². The average molecular weight is 356 g/mol. The molecule has 6 heteroatoms. The van der Waals surface area contributed by atoms with Crippen LogP contribution in [0, 0.1) is 0 Å². The van der Waals surface area contributed by atoms with Gasteiger partial charge in [-0.2, -0.15) is 0 Å². The van der Waals surface area contributed by atoms with Crippen molar-refractivity contribution in [2.75, 3.05) is 19.2 Å². The Morgan fingerprint density at radius 3 is 2.62 bits per heavy atom. The van der Waals surface area contributed by atoms with Gasteiger partial charge in [-0.15, -0.1) is 0 Å². The molecule has 0 atom stereocenters. The molecule has 0 fully saturated rings. The first-order chi connectivity index (χ1) is 12.4. The number of carbonyl (C=O) groups is 1. The van der Waals surface area contributed by atoms with Crippen LogP contribution in [-0.4, -0.2) is 30.4 Å². The van der Waals surface area contributed by atoms with Gasteiger partial charge in [-0.25, -0.2) is 4.79 Å². The highest BCUT2D eigenvalue weighted by molar-refractivity contribution is 5.91. The molecule has 0 saturated carbocycles. The lowest BCUT2D eigenvalue weighted by molar-refractivity contribution is 0.151. The van der Waals surface area contributed by atoms with Gasteiger partial charge in [0.15, 0.2) is 11.5 Å². The normalized spacial score (nSPS) is 12.6. The molecule has 0 aliphatic carbocycles. The number of benzene rings is 2. The number of hydrogen-bond donors (Lipinski definition) is 1. The Labute approximate surface area is 153 Å². The van der Waals surface area contributed by atoms with Crippen molar-refractivity contribution < 1.29 is 19.0 Å². The van der Waals surface area contributed by atoms with Gasteiger partial charge in [-0.1, -0.05) is 18.2 Å². The summed E-state index contributed by atoms with van der Waals surface area (Å²) >= 11 is 0. The molecule has 3 rings (SSSR count). The molecule has 26 heavy (non-hydrogen) atoms. The van der Waals surface area contributed by atoms with E-state index in [0.29, 0.717) is 23.7 Å². The van der Waals surface area contributed by atoms with Crippen LogP contribution >= 0.6 is 0 Å². The van der Waals surface area contributed by atoms with E-state index in [1.807, 2.05) is 63.2 Å². The van der Waals surface area contributed by atoms with Gasteiger partial charge in [0.1, 0.15) is 5.75 Å². The summed E-state index contributed by atoms with van der Waals surface area (Å²) in [6, 6.07) is 12.9. The molecule has 0 saturated heterocycles. The van der Waals surface area contributed by atoms with Gasteiger partial charge in [0, 0.05) is 12.1 Å². The molecule has 1 aliphatic rings. The summed E-state index contributed by atoms with van der Waals surface area (Å²) in [6.07, 6.45) is 0. The molecular formula is C20H24N2O4. The number of anilines is 1. The Kier molecular flexibility index (Phi) is 4.93. The largest absolute Gasteiger partial charge is 0.495 e. The van der Waals surface area contributed by atoms with Crippen LogP contribution in [0.4, 0.5) is 10.5 Å². The van der Waals surface area contributed by atoms with E-state index in [9.17, 15) is 4.79 Å². The zero-order valence-corrected chi connectivity index (χ0v) is 15.5. The van der Waals surface area contributed by atoms with Crippen molar-refractivity contribution in [1.29, 1.82) is 0 Å². The number of methoxy groups -OCH3 is 1. The molecule has 0 bridgehead atoms. The number of carbonyl (C=O) groups excluding carboxylic acids is 1. The molecule has 1 heterocycles. The zero-order chi connectivity index (χ0) is 18.7. The molecule has 1 N–H and O–H groups in total. The molecule has 2 aromatic carbocycles. The van der Waals surface area contributed by atoms with Crippen LogP contribution in [0.1, 0.15) is 26.3 Å². The highest BCUT2D eigenvalue weighted by Gasteiger charge is 2.28. The van der Waals surface area contributed by atoms with Crippen molar-refractivity contribution >= 4 is 11.7 Å². The van der Waals surface area contributed by atoms with Crippen LogP contribution in [0.3, 0.4) is 0 Å². The maximum absolute atomic E-state index is 13.0. The molecule has 0 radical (unpaired) electrons. The second-order valence-electron chi connectivity index (χ2n) is 7.08. The summed E-state index contributed by atoms with van der Waals surface area (Å²) in [4.78, 5) is 14.7. The number of urea groups is 1. The predicted octanol–water partition coefficient (Wildman–Crippen LogP) is 4.26. The Balaban J connectivity index is 1.81. The molecule has 0 aromatic heterocycles. The van der Waals surface area contributed by atoms with Crippen LogP contribution in [0.2, 0.25) is 0 Å². The van der Waals surface area contributed by atoms with Crippen LogP contribution in [-0.2, 0) is 6.54 Å². The number of amides is 2. The summed E-state index contributed by atoms with van der Waals surface area (Å²) in [6.45, 7) is 6.68. The van der Waals surface area contributed by atoms with E-state index >= 15 is 0 Å². The smallest absolute Gasteiger partial charge is 0.322 e. The van der Waals surface area contributed by atoms with E-state index in [-0.39, 0.29) is 18.4 Å². The van der Waals surface area contributed by atoms with E-state index < -0.39 is 0 Å². The Morgan fingerprint density at radius 2 is 1.88 bits per heavy atom. The fraction of sp³-hybridized carbons (Fsp3) is 0.350. The fourth-order valence-electron chi connectivity index (χ4n) is 2.77. The van der Waals surface area contributed by atoms with Crippen molar-refractivity contribution in [1.82, 2.24) is 4.90 Å². The fourth-order valence-corrected chi connectivity index (χ4v) is 2.77. The van der Waals surface area contributed by atoms with Crippen molar-refractivity contribution in [3.63, 3.8) is 0 Å². The van der Waals surface area contributed by atoms with Gasteiger partial charge in [0.25, 0.3) is 0 Å². The van der Waals surface area contributed by atoms with E-state index in [1.165, 1.54) is 0 Å². The second kappa shape index (κ2) is 7.15. The number of nitrogens with zero attached hydrogens (tertiary/aromatic N) is 1. The molecule has 1 aliphatic heterocycles. The first-order valence-electron chi connectivity index (χ1n) is 8.48. The lowest BCUT2D eigenvalue weighted by Gasteiger charge is -2.36. The van der Waals surface area contributed by atoms with Gasteiger partial charge in [-0.05, 0) is 50.6 Å². The maximum atomic E-state index is 13.0. The molecule has 2 amide bonds. The third-order valence-corrected chi connectivity index (χ3v) is 4.18. The van der Waals surface area contributed by atoms with Crippen LogP contribution in [0.5, 0.6) is 17.2 Å². The quantitative estimate of drug-likeness (QED) is 0.889. The number of para-hydroxylation sites is 2. The van der Waals surface area contributed by atoms with Gasteiger partial charge in [0.05, 0.1) is 12.8 Å². The molecule has 0 unspecified atom stereocenters. The minimum Gasteiger partial charge on any atom is -0.495 e. The molecule has 0 spiro atoms. The monoisotopic (exact) mass is 356 g/mol. The van der Waals surface area contributed by atoms with E-state index in [0.717, 1.165) is 11.3 Å². The van der Waals surface area contributed by atoms with E-state index in [4.69, 9.17) is 14.2 Å². The molecular weight excluding hydrogens is 332 g/mol. The predicted molar refractivity (Wildman–Crippen MR) is 99.9 cm³/mol. The third-order valence-electron chi connectivity index (χ3n) is 4.18. The first kappa shape index (κ1) is 17.9. The van der Waals surface area contributed by atoms with Crippen molar-refractivity contribution in [3.8, 4) is 17.2 Å². The van der Waals surface area contributed by atoms with Gasteiger partial charge in [-0.3, -0.25) is 0 Å². The number of hydrogen-bond acceptors (Lipinski definition) is 4. The Bertz CT molecular complexity index is 799. The van der Waals surface area contributed by atoms with Gasteiger partial charge in [0.2, 0.25) is 6.79 Å². The Hall–Kier alpha value is -2.89.